The third-order valence-electron chi connectivity index (χ3n) is 2.60. The van der Waals surface area contributed by atoms with E-state index in [0.717, 1.165) is 11.1 Å². The van der Waals surface area contributed by atoms with Gasteiger partial charge in [0.15, 0.2) is 0 Å². The van der Waals surface area contributed by atoms with Gasteiger partial charge in [-0.05, 0) is 29.7 Å². The van der Waals surface area contributed by atoms with Crippen molar-refractivity contribution in [3.05, 3.63) is 40.6 Å². The quantitative estimate of drug-likeness (QED) is 0.916. The van der Waals surface area contributed by atoms with Crippen LogP contribution in [-0.4, -0.2) is 16.2 Å². The summed E-state index contributed by atoms with van der Waals surface area (Å²) in [4.78, 5) is 10.7. The number of rotatable bonds is 3. The Morgan fingerprint density at radius 3 is 2.61 bits per heavy atom. The summed E-state index contributed by atoms with van der Waals surface area (Å²) in [5, 5.41) is 13.1. The highest BCUT2D eigenvalue weighted by Gasteiger charge is 2.13. The van der Waals surface area contributed by atoms with Crippen molar-refractivity contribution in [3.8, 4) is 11.3 Å². The molecule has 0 saturated heterocycles. The van der Waals surface area contributed by atoms with E-state index in [1.807, 2.05) is 12.1 Å². The number of aromatic nitrogens is 1. The lowest BCUT2D eigenvalue weighted by atomic mass is 9.99. The average Bonchev–Trinajstić information content (AvgIpc) is 2.77. The first-order valence-corrected chi connectivity index (χ1v) is 5.86. The topological polar surface area (TPSA) is 63.3 Å². The van der Waals surface area contributed by atoms with E-state index in [-0.39, 0.29) is 5.76 Å². The van der Waals surface area contributed by atoms with E-state index in [1.54, 1.807) is 6.07 Å². The summed E-state index contributed by atoms with van der Waals surface area (Å²) in [6.07, 6.45) is 0. The molecule has 0 spiro atoms. The first-order chi connectivity index (χ1) is 8.47. The van der Waals surface area contributed by atoms with Crippen LogP contribution in [-0.2, 0) is 0 Å². The van der Waals surface area contributed by atoms with Crippen molar-refractivity contribution in [2.24, 2.45) is 0 Å². The van der Waals surface area contributed by atoms with E-state index in [0.29, 0.717) is 16.6 Å². The molecule has 0 radical (unpaired) electrons. The Morgan fingerprint density at radius 2 is 2.06 bits per heavy atom. The molecule has 2 aromatic rings. The van der Waals surface area contributed by atoms with E-state index in [1.165, 1.54) is 6.07 Å². The van der Waals surface area contributed by atoms with Crippen LogP contribution in [0.15, 0.2) is 28.8 Å². The van der Waals surface area contributed by atoms with Gasteiger partial charge in [-0.1, -0.05) is 30.6 Å². The molecule has 94 valence electrons. The molecule has 1 heterocycles. The fraction of sp³-hybridized carbons (Fsp3) is 0.231. The van der Waals surface area contributed by atoms with Gasteiger partial charge in [0, 0.05) is 16.7 Å². The second-order valence-corrected chi connectivity index (χ2v) is 4.75. The first-order valence-electron chi connectivity index (χ1n) is 5.48. The van der Waals surface area contributed by atoms with Crippen LogP contribution in [0, 0.1) is 0 Å². The maximum absolute atomic E-state index is 10.7. The SMILES string of the molecule is CC(C)c1cc(Cl)cc(-c2cc(C(=O)O)on2)c1. The monoisotopic (exact) mass is 265 g/mol. The normalized spacial score (nSPS) is 10.9. The average molecular weight is 266 g/mol. The molecule has 0 amide bonds. The smallest absolute Gasteiger partial charge is 0.374 e. The van der Waals surface area contributed by atoms with Gasteiger partial charge in [-0.15, -0.1) is 0 Å². The maximum Gasteiger partial charge on any atom is 0.374 e. The van der Waals surface area contributed by atoms with E-state index >= 15 is 0 Å². The molecule has 0 saturated carbocycles. The number of carbonyl (C=O) groups is 1. The number of benzene rings is 1. The molecule has 0 aliphatic heterocycles. The molecule has 4 nitrogen and oxygen atoms in total. The summed E-state index contributed by atoms with van der Waals surface area (Å²) < 4.78 is 4.73. The number of nitrogens with zero attached hydrogens (tertiary/aromatic N) is 1. The van der Waals surface area contributed by atoms with Crippen molar-refractivity contribution >= 4 is 17.6 Å². The van der Waals surface area contributed by atoms with Crippen LogP contribution < -0.4 is 0 Å². The van der Waals surface area contributed by atoms with Crippen LogP contribution in [0.3, 0.4) is 0 Å². The minimum atomic E-state index is -1.14. The number of carboxylic acid groups (broad SMARTS) is 1. The standard InChI is InChI=1S/C13H12ClNO3/c1-7(2)8-3-9(5-10(14)4-8)11-6-12(13(16)17)18-15-11/h3-7H,1-2H3,(H,16,17). The molecule has 0 atom stereocenters. The summed E-state index contributed by atoms with van der Waals surface area (Å²) in [5.41, 5.74) is 2.29. The highest BCUT2D eigenvalue weighted by atomic mass is 35.5. The minimum absolute atomic E-state index is 0.184. The summed E-state index contributed by atoms with van der Waals surface area (Å²) >= 11 is 6.04. The van der Waals surface area contributed by atoms with Crippen LogP contribution in [0.5, 0.6) is 0 Å². The van der Waals surface area contributed by atoms with Gasteiger partial charge < -0.3 is 9.63 Å². The second-order valence-electron chi connectivity index (χ2n) is 4.31. The zero-order valence-corrected chi connectivity index (χ0v) is 10.7. The van der Waals surface area contributed by atoms with Gasteiger partial charge >= 0.3 is 5.97 Å². The lowest BCUT2D eigenvalue weighted by Gasteiger charge is -2.07. The Kier molecular flexibility index (Phi) is 3.39. The predicted octanol–water partition coefficient (Wildman–Crippen LogP) is 3.82. The van der Waals surface area contributed by atoms with Crippen molar-refractivity contribution in [1.82, 2.24) is 5.16 Å². The molecule has 1 aromatic carbocycles. The molecule has 1 N–H and O–H groups in total. The summed E-state index contributed by atoms with van der Waals surface area (Å²) in [6.45, 7) is 4.11. The Balaban J connectivity index is 2.46. The van der Waals surface area contributed by atoms with Gasteiger partial charge in [0.2, 0.25) is 5.76 Å². The van der Waals surface area contributed by atoms with Crippen molar-refractivity contribution < 1.29 is 14.4 Å². The fourth-order valence-corrected chi connectivity index (χ4v) is 1.85. The summed E-state index contributed by atoms with van der Waals surface area (Å²) in [6, 6.07) is 6.93. The van der Waals surface area contributed by atoms with E-state index < -0.39 is 5.97 Å². The third-order valence-corrected chi connectivity index (χ3v) is 2.82. The zero-order valence-electron chi connectivity index (χ0n) is 9.98. The van der Waals surface area contributed by atoms with Crippen LogP contribution in [0.1, 0.15) is 35.9 Å². The zero-order chi connectivity index (χ0) is 13.3. The third kappa shape index (κ3) is 2.54. The molecule has 0 unspecified atom stereocenters. The first kappa shape index (κ1) is 12.6. The minimum Gasteiger partial charge on any atom is -0.475 e. The van der Waals surface area contributed by atoms with Gasteiger partial charge in [0.1, 0.15) is 5.69 Å². The Hall–Kier alpha value is -1.81. The van der Waals surface area contributed by atoms with Crippen molar-refractivity contribution in [1.29, 1.82) is 0 Å². The van der Waals surface area contributed by atoms with E-state index in [4.69, 9.17) is 21.2 Å². The molecule has 1 aromatic heterocycles. The Labute approximate surface area is 109 Å². The number of hydrogen-bond donors (Lipinski definition) is 1. The lowest BCUT2D eigenvalue weighted by molar-refractivity contribution is 0.0652. The van der Waals surface area contributed by atoms with Crippen LogP contribution in [0.4, 0.5) is 0 Å². The molecule has 2 rings (SSSR count). The molecule has 18 heavy (non-hydrogen) atoms. The van der Waals surface area contributed by atoms with Crippen molar-refractivity contribution in [2.75, 3.05) is 0 Å². The largest absolute Gasteiger partial charge is 0.475 e. The van der Waals surface area contributed by atoms with Gasteiger partial charge in [-0.2, -0.15) is 0 Å². The Bertz CT molecular complexity index is 590. The van der Waals surface area contributed by atoms with Crippen LogP contribution in [0.2, 0.25) is 5.02 Å². The number of halogens is 1. The predicted molar refractivity (Wildman–Crippen MR) is 68.0 cm³/mol. The van der Waals surface area contributed by atoms with Crippen molar-refractivity contribution in [2.45, 2.75) is 19.8 Å². The highest BCUT2D eigenvalue weighted by molar-refractivity contribution is 6.31. The molecule has 5 heteroatoms. The van der Waals surface area contributed by atoms with Gasteiger partial charge in [-0.25, -0.2) is 4.79 Å². The number of carboxylic acids is 1. The molecule has 0 aliphatic carbocycles. The molecule has 0 aliphatic rings. The lowest BCUT2D eigenvalue weighted by Crippen LogP contribution is -1.91. The number of aromatic carboxylic acids is 1. The fourth-order valence-electron chi connectivity index (χ4n) is 1.61. The molecular formula is C13H12ClNO3. The van der Waals surface area contributed by atoms with Crippen LogP contribution in [0.25, 0.3) is 11.3 Å². The molecular weight excluding hydrogens is 254 g/mol. The highest BCUT2D eigenvalue weighted by Crippen LogP contribution is 2.28. The number of hydrogen-bond acceptors (Lipinski definition) is 3. The van der Waals surface area contributed by atoms with Crippen molar-refractivity contribution in [3.63, 3.8) is 0 Å². The van der Waals surface area contributed by atoms with Gasteiger partial charge in [0.05, 0.1) is 0 Å². The van der Waals surface area contributed by atoms with Gasteiger partial charge in [-0.3, -0.25) is 0 Å². The second kappa shape index (κ2) is 4.82. The molecule has 0 bridgehead atoms. The van der Waals surface area contributed by atoms with Crippen LogP contribution >= 0.6 is 11.6 Å². The Morgan fingerprint density at radius 1 is 1.33 bits per heavy atom. The maximum atomic E-state index is 10.7. The molecule has 0 fully saturated rings. The summed E-state index contributed by atoms with van der Waals surface area (Å²) in [7, 11) is 0. The van der Waals surface area contributed by atoms with E-state index in [2.05, 4.69) is 19.0 Å². The van der Waals surface area contributed by atoms with E-state index in [9.17, 15) is 4.79 Å². The van der Waals surface area contributed by atoms with Gasteiger partial charge in [0.25, 0.3) is 0 Å². The summed E-state index contributed by atoms with van der Waals surface area (Å²) in [5.74, 6) is -0.996.